The van der Waals surface area contributed by atoms with Gasteiger partial charge >= 0.3 is 0 Å². The van der Waals surface area contributed by atoms with Gasteiger partial charge in [0.25, 0.3) is 0 Å². The third-order valence-electron chi connectivity index (χ3n) is 1.26. The summed E-state index contributed by atoms with van der Waals surface area (Å²) < 4.78 is 19.4. The van der Waals surface area contributed by atoms with Gasteiger partial charge in [0.1, 0.15) is 0 Å². The van der Waals surface area contributed by atoms with E-state index in [0.717, 1.165) is 4.47 Å². The summed E-state index contributed by atoms with van der Waals surface area (Å²) in [6.07, 6.45) is 0. The molecule has 0 amide bonds. The maximum absolute atomic E-state index is 13.2. The van der Waals surface area contributed by atoms with E-state index >= 15 is 0 Å². The minimum absolute atomic E-state index is 0.263. The smallest absolute Gasteiger partial charge is 0.179 e. The highest BCUT2D eigenvalue weighted by Gasteiger charge is 2.08. The van der Waals surface area contributed by atoms with Gasteiger partial charge in [-0.25, -0.2) is 4.39 Å². The predicted molar refractivity (Wildman–Crippen MR) is 53.0 cm³/mol. The maximum atomic E-state index is 13.2. The van der Waals surface area contributed by atoms with Crippen LogP contribution in [0.15, 0.2) is 21.1 Å². The van der Waals surface area contributed by atoms with Gasteiger partial charge < -0.3 is 4.74 Å². The van der Waals surface area contributed by atoms with Crippen LogP contribution in [-0.2, 0) is 0 Å². The summed E-state index contributed by atoms with van der Waals surface area (Å²) in [5.41, 5.74) is 0. The van der Waals surface area contributed by atoms with E-state index in [9.17, 15) is 4.39 Å². The van der Waals surface area contributed by atoms with Crippen LogP contribution in [0.4, 0.5) is 4.39 Å². The first-order valence-electron chi connectivity index (χ1n) is 3.42. The fourth-order valence-electron chi connectivity index (χ4n) is 0.793. The van der Waals surface area contributed by atoms with E-state index in [4.69, 9.17) is 4.74 Å². The molecule has 0 unspecified atom stereocenters. The van der Waals surface area contributed by atoms with Crippen molar-refractivity contribution in [3.8, 4) is 5.75 Å². The summed E-state index contributed by atoms with van der Waals surface area (Å²) in [5.74, 6) is -0.0983. The highest BCUT2D eigenvalue weighted by Crippen LogP contribution is 2.29. The van der Waals surface area contributed by atoms with Gasteiger partial charge in [0.15, 0.2) is 11.6 Å². The number of halogens is 3. The highest BCUT2D eigenvalue weighted by atomic mass is 79.9. The van der Waals surface area contributed by atoms with E-state index < -0.39 is 0 Å². The lowest BCUT2D eigenvalue weighted by atomic mass is 10.3. The largest absolute Gasteiger partial charge is 0.491 e. The standard InChI is InChI=1S/C8H7Br2FO/c1-2-12-7-4-5(9)3-6(10)8(7)11/h3-4H,2H2,1H3. The summed E-state index contributed by atoms with van der Waals surface area (Å²) in [4.78, 5) is 0. The third-order valence-corrected chi connectivity index (χ3v) is 2.29. The average Bonchev–Trinajstić information content (AvgIpc) is 2.00. The SMILES string of the molecule is CCOc1cc(Br)cc(Br)c1F. The van der Waals surface area contributed by atoms with E-state index in [2.05, 4.69) is 31.9 Å². The Bertz CT molecular complexity index is 289. The molecule has 0 bridgehead atoms. The second-order valence-electron chi connectivity index (χ2n) is 2.13. The molecule has 0 aliphatic carbocycles. The topological polar surface area (TPSA) is 9.23 Å². The van der Waals surface area contributed by atoms with Crippen LogP contribution in [0.5, 0.6) is 5.75 Å². The van der Waals surface area contributed by atoms with Crippen LogP contribution in [0.2, 0.25) is 0 Å². The Labute approximate surface area is 87.2 Å². The van der Waals surface area contributed by atoms with Gasteiger partial charge in [0.05, 0.1) is 11.1 Å². The first-order valence-corrected chi connectivity index (χ1v) is 5.01. The van der Waals surface area contributed by atoms with Gasteiger partial charge in [0.2, 0.25) is 0 Å². The summed E-state index contributed by atoms with van der Waals surface area (Å²) in [5, 5.41) is 0. The second-order valence-corrected chi connectivity index (χ2v) is 3.90. The first-order chi connectivity index (χ1) is 5.65. The number of rotatable bonds is 2. The molecule has 1 rings (SSSR count). The number of hydrogen-bond acceptors (Lipinski definition) is 1. The summed E-state index contributed by atoms with van der Waals surface area (Å²) in [6.45, 7) is 2.27. The molecule has 0 fully saturated rings. The fourth-order valence-corrected chi connectivity index (χ4v) is 1.98. The lowest BCUT2D eigenvalue weighted by Gasteiger charge is -2.05. The molecule has 12 heavy (non-hydrogen) atoms. The molecule has 0 spiro atoms. The quantitative estimate of drug-likeness (QED) is 0.756. The first kappa shape index (κ1) is 9.99. The fraction of sp³-hybridized carbons (Fsp3) is 0.250. The van der Waals surface area contributed by atoms with E-state index in [0.29, 0.717) is 11.1 Å². The van der Waals surface area contributed by atoms with Crippen LogP contribution in [0.25, 0.3) is 0 Å². The Morgan fingerprint density at radius 3 is 2.67 bits per heavy atom. The lowest BCUT2D eigenvalue weighted by Crippen LogP contribution is -1.95. The molecule has 1 aromatic carbocycles. The molecule has 0 radical (unpaired) electrons. The molecular weight excluding hydrogens is 291 g/mol. The molecule has 66 valence electrons. The van der Waals surface area contributed by atoms with Crippen molar-refractivity contribution in [2.24, 2.45) is 0 Å². The van der Waals surface area contributed by atoms with Gasteiger partial charge in [-0.3, -0.25) is 0 Å². The predicted octanol–water partition coefficient (Wildman–Crippen LogP) is 3.75. The Kier molecular flexibility index (Phi) is 3.53. The zero-order valence-corrected chi connectivity index (χ0v) is 9.58. The Balaban J connectivity index is 3.09. The van der Waals surface area contributed by atoms with Crippen molar-refractivity contribution in [3.05, 3.63) is 26.9 Å². The van der Waals surface area contributed by atoms with Gasteiger partial charge in [-0.15, -0.1) is 0 Å². The van der Waals surface area contributed by atoms with E-state index in [1.54, 1.807) is 12.1 Å². The van der Waals surface area contributed by atoms with Crippen molar-refractivity contribution in [2.75, 3.05) is 6.61 Å². The Morgan fingerprint density at radius 2 is 2.08 bits per heavy atom. The van der Waals surface area contributed by atoms with Crippen molar-refractivity contribution in [2.45, 2.75) is 6.92 Å². The molecule has 0 N–H and O–H groups in total. The zero-order valence-electron chi connectivity index (χ0n) is 6.40. The monoisotopic (exact) mass is 296 g/mol. The maximum Gasteiger partial charge on any atom is 0.179 e. The van der Waals surface area contributed by atoms with E-state index in [1.165, 1.54) is 0 Å². The van der Waals surface area contributed by atoms with Crippen LogP contribution >= 0.6 is 31.9 Å². The molecule has 0 heterocycles. The van der Waals surface area contributed by atoms with Crippen LogP contribution in [0.1, 0.15) is 6.92 Å². The minimum atomic E-state index is -0.361. The van der Waals surface area contributed by atoms with Gasteiger partial charge in [-0.2, -0.15) is 0 Å². The van der Waals surface area contributed by atoms with Crippen LogP contribution in [0, 0.1) is 5.82 Å². The van der Waals surface area contributed by atoms with Crippen molar-refractivity contribution in [1.82, 2.24) is 0 Å². The highest BCUT2D eigenvalue weighted by molar-refractivity contribution is 9.11. The molecular formula is C8H7Br2FO. The molecule has 1 aromatic rings. The third kappa shape index (κ3) is 2.20. The van der Waals surface area contributed by atoms with E-state index in [-0.39, 0.29) is 11.6 Å². The lowest BCUT2D eigenvalue weighted by molar-refractivity contribution is 0.320. The number of ether oxygens (including phenoxy) is 1. The van der Waals surface area contributed by atoms with Crippen molar-refractivity contribution in [1.29, 1.82) is 0 Å². The van der Waals surface area contributed by atoms with Crippen molar-refractivity contribution >= 4 is 31.9 Å². The Morgan fingerprint density at radius 1 is 1.42 bits per heavy atom. The molecule has 0 aliphatic rings. The molecule has 0 aromatic heterocycles. The summed E-state index contributed by atoms with van der Waals surface area (Å²) in [6, 6.07) is 3.24. The molecule has 0 saturated carbocycles. The van der Waals surface area contributed by atoms with Gasteiger partial charge in [0, 0.05) is 4.47 Å². The second kappa shape index (κ2) is 4.23. The normalized spacial score (nSPS) is 10.0. The number of hydrogen-bond donors (Lipinski definition) is 0. The van der Waals surface area contributed by atoms with Gasteiger partial charge in [-0.05, 0) is 35.0 Å². The van der Waals surface area contributed by atoms with E-state index in [1.807, 2.05) is 6.92 Å². The van der Waals surface area contributed by atoms with Crippen molar-refractivity contribution < 1.29 is 9.13 Å². The molecule has 0 atom stereocenters. The number of benzene rings is 1. The van der Waals surface area contributed by atoms with Crippen molar-refractivity contribution in [3.63, 3.8) is 0 Å². The van der Waals surface area contributed by atoms with Crippen LogP contribution < -0.4 is 4.74 Å². The average molecular weight is 298 g/mol. The zero-order chi connectivity index (χ0) is 9.14. The molecule has 0 aliphatic heterocycles. The summed E-state index contributed by atoms with van der Waals surface area (Å²) >= 11 is 6.32. The summed E-state index contributed by atoms with van der Waals surface area (Å²) in [7, 11) is 0. The molecule has 0 saturated heterocycles. The van der Waals surface area contributed by atoms with Crippen LogP contribution in [-0.4, -0.2) is 6.61 Å². The molecule has 4 heteroatoms. The van der Waals surface area contributed by atoms with Gasteiger partial charge in [-0.1, -0.05) is 15.9 Å². The van der Waals surface area contributed by atoms with Crippen LogP contribution in [0.3, 0.4) is 0 Å². The minimum Gasteiger partial charge on any atom is -0.491 e. The Hall–Kier alpha value is -0.0900. The molecule has 1 nitrogen and oxygen atoms in total.